The van der Waals surface area contributed by atoms with Gasteiger partial charge in [0.25, 0.3) is 0 Å². The van der Waals surface area contributed by atoms with Gasteiger partial charge < -0.3 is 14.3 Å². The molecule has 0 spiro atoms. The van der Waals surface area contributed by atoms with E-state index in [-0.39, 0.29) is 5.92 Å². The highest BCUT2D eigenvalue weighted by molar-refractivity contribution is 5.77. The summed E-state index contributed by atoms with van der Waals surface area (Å²) in [5.41, 5.74) is 0. The summed E-state index contributed by atoms with van der Waals surface area (Å²) in [6.07, 6.45) is 8.97. The Balaban J connectivity index is 1.40. The lowest BCUT2D eigenvalue weighted by atomic mass is 9.95. The summed E-state index contributed by atoms with van der Waals surface area (Å²) >= 11 is 0. The van der Waals surface area contributed by atoms with E-state index in [0.717, 1.165) is 50.7 Å². The molecule has 3 heterocycles. The smallest absolute Gasteiger partial charge is 0.231 e. The van der Waals surface area contributed by atoms with E-state index >= 15 is 0 Å². The second-order valence-electron chi connectivity index (χ2n) is 8.28. The van der Waals surface area contributed by atoms with Gasteiger partial charge in [-0.15, -0.1) is 0 Å². The highest BCUT2D eigenvalue weighted by Gasteiger charge is 2.32. The van der Waals surface area contributed by atoms with Crippen molar-refractivity contribution in [2.75, 3.05) is 33.2 Å². The molecule has 138 valence electrons. The molecule has 2 aliphatic heterocycles. The topological polar surface area (TPSA) is 62.5 Å². The highest BCUT2D eigenvalue weighted by atomic mass is 16.5. The lowest BCUT2D eigenvalue weighted by molar-refractivity contribution is -0.134. The third kappa shape index (κ3) is 3.89. The molecule has 2 unspecified atom stereocenters. The molecule has 0 radical (unpaired) electrons. The summed E-state index contributed by atoms with van der Waals surface area (Å²) in [4.78, 5) is 21.4. The maximum atomic E-state index is 12.3. The third-order valence-corrected chi connectivity index (χ3v) is 6.25. The number of nitrogens with zero attached hydrogens (tertiary/aromatic N) is 4. The first-order chi connectivity index (χ1) is 12.2. The summed E-state index contributed by atoms with van der Waals surface area (Å²) in [5, 5.41) is 4.29. The van der Waals surface area contributed by atoms with Crippen molar-refractivity contribution >= 4 is 5.91 Å². The van der Waals surface area contributed by atoms with Crippen LogP contribution < -0.4 is 0 Å². The van der Waals surface area contributed by atoms with Crippen molar-refractivity contribution in [3.05, 3.63) is 11.7 Å². The van der Waals surface area contributed by atoms with Crippen LogP contribution in [-0.4, -0.2) is 59.1 Å². The van der Waals surface area contributed by atoms with Gasteiger partial charge >= 0.3 is 0 Å². The van der Waals surface area contributed by atoms with E-state index in [1.54, 1.807) is 0 Å². The third-order valence-electron chi connectivity index (χ3n) is 6.25. The molecular formula is C19H30N4O2. The van der Waals surface area contributed by atoms with E-state index in [4.69, 9.17) is 9.51 Å². The number of piperidine rings is 2. The molecule has 0 bridgehead atoms. The zero-order chi connectivity index (χ0) is 17.2. The monoisotopic (exact) mass is 346 g/mol. The largest absolute Gasteiger partial charge is 0.342 e. The van der Waals surface area contributed by atoms with Crippen LogP contribution in [0.4, 0.5) is 0 Å². The SMILES string of the molecule is CN1CCCC(c2nc(C3CCC(=O)N(CC4CCCC4)C3)no2)C1. The van der Waals surface area contributed by atoms with Gasteiger partial charge in [-0.3, -0.25) is 4.79 Å². The molecule has 1 saturated carbocycles. The summed E-state index contributed by atoms with van der Waals surface area (Å²) in [7, 11) is 2.15. The molecule has 4 rings (SSSR count). The van der Waals surface area contributed by atoms with Crippen LogP contribution in [0.25, 0.3) is 0 Å². The maximum absolute atomic E-state index is 12.3. The van der Waals surface area contributed by atoms with Crippen molar-refractivity contribution < 1.29 is 9.32 Å². The number of hydrogen-bond donors (Lipinski definition) is 0. The van der Waals surface area contributed by atoms with Gasteiger partial charge in [-0.2, -0.15) is 4.98 Å². The van der Waals surface area contributed by atoms with Gasteiger partial charge in [0.2, 0.25) is 11.8 Å². The van der Waals surface area contributed by atoms with Crippen molar-refractivity contribution in [1.82, 2.24) is 19.9 Å². The van der Waals surface area contributed by atoms with Crippen molar-refractivity contribution in [2.45, 2.75) is 63.2 Å². The van der Waals surface area contributed by atoms with Gasteiger partial charge in [0.15, 0.2) is 5.82 Å². The van der Waals surface area contributed by atoms with Crippen molar-refractivity contribution in [1.29, 1.82) is 0 Å². The average molecular weight is 346 g/mol. The summed E-state index contributed by atoms with van der Waals surface area (Å²) < 4.78 is 5.61. The van der Waals surface area contributed by atoms with Gasteiger partial charge in [-0.1, -0.05) is 18.0 Å². The van der Waals surface area contributed by atoms with Crippen LogP contribution in [0.5, 0.6) is 0 Å². The minimum atomic E-state index is 0.234. The lowest BCUT2D eigenvalue weighted by Crippen LogP contribution is -2.41. The molecule has 1 aliphatic carbocycles. The molecule has 0 N–H and O–H groups in total. The lowest BCUT2D eigenvalue weighted by Gasteiger charge is -2.33. The first-order valence-electron chi connectivity index (χ1n) is 9.99. The van der Waals surface area contributed by atoms with Crippen LogP contribution >= 0.6 is 0 Å². The minimum Gasteiger partial charge on any atom is -0.342 e. The van der Waals surface area contributed by atoms with E-state index in [1.165, 1.54) is 32.1 Å². The van der Waals surface area contributed by atoms with E-state index in [2.05, 4.69) is 22.0 Å². The summed E-state index contributed by atoms with van der Waals surface area (Å²) in [6.45, 7) is 3.84. The molecule has 6 heteroatoms. The van der Waals surface area contributed by atoms with Crippen molar-refractivity contribution in [3.63, 3.8) is 0 Å². The standard InChI is InChI=1S/C19H30N4O2/c1-22-10-4-7-16(12-22)19-20-18(21-25-19)15-8-9-17(24)23(13-15)11-14-5-2-3-6-14/h14-16H,2-13H2,1H3. The second kappa shape index (κ2) is 7.44. The van der Waals surface area contributed by atoms with Crippen LogP contribution in [0.3, 0.4) is 0 Å². The average Bonchev–Trinajstić information content (AvgIpc) is 3.29. The van der Waals surface area contributed by atoms with E-state index < -0.39 is 0 Å². The van der Waals surface area contributed by atoms with Crippen LogP contribution in [0.2, 0.25) is 0 Å². The fraction of sp³-hybridized carbons (Fsp3) is 0.842. The maximum Gasteiger partial charge on any atom is 0.231 e. The Morgan fingerprint density at radius 3 is 2.72 bits per heavy atom. The van der Waals surface area contributed by atoms with E-state index in [0.29, 0.717) is 24.2 Å². The molecule has 3 fully saturated rings. The second-order valence-corrected chi connectivity index (χ2v) is 8.28. The fourth-order valence-electron chi connectivity index (χ4n) is 4.75. The molecular weight excluding hydrogens is 316 g/mol. The Kier molecular flexibility index (Phi) is 5.06. The zero-order valence-corrected chi connectivity index (χ0v) is 15.3. The molecule has 2 saturated heterocycles. The number of carbonyl (C=O) groups is 1. The number of amides is 1. The predicted molar refractivity (Wildman–Crippen MR) is 94.3 cm³/mol. The number of likely N-dealkylation sites (tertiary alicyclic amines) is 2. The minimum absolute atomic E-state index is 0.234. The molecule has 25 heavy (non-hydrogen) atoms. The van der Waals surface area contributed by atoms with E-state index in [1.807, 2.05) is 0 Å². The predicted octanol–water partition coefficient (Wildman–Crippen LogP) is 2.78. The number of carbonyl (C=O) groups excluding carboxylic acids is 1. The highest BCUT2D eigenvalue weighted by Crippen LogP contribution is 2.32. The van der Waals surface area contributed by atoms with Crippen molar-refractivity contribution in [3.8, 4) is 0 Å². The first kappa shape index (κ1) is 17.0. The van der Waals surface area contributed by atoms with Crippen LogP contribution in [0.15, 0.2) is 4.52 Å². The Morgan fingerprint density at radius 1 is 1.08 bits per heavy atom. The molecule has 1 aromatic heterocycles. The molecule has 1 amide bonds. The first-order valence-corrected chi connectivity index (χ1v) is 9.99. The Hall–Kier alpha value is -1.43. The fourth-order valence-corrected chi connectivity index (χ4v) is 4.75. The number of likely N-dealkylation sites (N-methyl/N-ethyl adjacent to an activating group) is 1. The van der Waals surface area contributed by atoms with Gasteiger partial charge in [0, 0.05) is 32.0 Å². The molecule has 2 atom stereocenters. The molecule has 3 aliphatic rings. The Bertz CT molecular complexity index is 596. The molecule has 6 nitrogen and oxygen atoms in total. The Morgan fingerprint density at radius 2 is 1.92 bits per heavy atom. The Labute approximate surface area is 149 Å². The van der Waals surface area contributed by atoms with Crippen molar-refractivity contribution in [2.24, 2.45) is 5.92 Å². The van der Waals surface area contributed by atoms with Gasteiger partial charge in [0.1, 0.15) is 0 Å². The molecule has 0 aromatic carbocycles. The van der Waals surface area contributed by atoms with Crippen LogP contribution in [-0.2, 0) is 4.79 Å². The van der Waals surface area contributed by atoms with Gasteiger partial charge in [-0.05, 0) is 51.6 Å². The molecule has 1 aromatic rings. The summed E-state index contributed by atoms with van der Waals surface area (Å²) in [6, 6.07) is 0. The number of rotatable bonds is 4. The normalized spacial score (nSPS) is 29.5. The quantitative estimate of drug-likeness (QED) is 0.839. The van der Waals surface area contributed by atoms with Gasteiger partial charge in [-0.25, -0.2) is 0 Å². The number of aromatic nitrogens is 2. The van der Waals surface area contributed by atoms with E-state index in [9.17, 15) is 4.79 Å². The summed E-state index contributed by atoms with van der Waals surface area (Å²) in [5.74, 6) is 3.20. The zero-order valence-electron chi connectivity index (χ0n) is 15.3. The van der Waals surface area contributed by atoms with Crippen LogP contribution in [0.1, 0.15) is 74.9 Å². The van der Waals surface area contributed by atoms with Gasteiger partial charge in [0.05, 0.1) is 5.92 Å². The van der Waals surface area contributed by atoms with Crippen LogP contribution in [0, 0.1) is 5.92 Å². The number of hydrogen-bond acceptors (Lipinski definition) is 5.